The van der Waals surface area contributed by atoms with Crippen LogP contribution in [0.4, 0.5) is 0 Å². The summed E-state index contributed by atoms with van der Waals surface area (Å²) in [5.41, 5.74) is 12.8. The molecule has 0 fully saturated rings. The van der Waals surface area contributed by atoms with Crippen LogP contribution >= 0.6 is 0 Å². The molecule has 1 aliphatic heterocycles. The van der Waals surface area contributed by atoms with Gasteiger partial charge in [-0.25, -0.2) is 0 Å². The van der Waals surface area contributed by atoms with Crippen LogP contribution in [0.5, 0.6) is 0 Å². The molecule has 1 atom stereocenters. The van der Waals surface area contributed by atoms with Gasteiger partial charge in [0, 0.05) is 27.8 Å². The van der Waals surface area contributed by atoms with Crippen LogP contribution in [0, 0.1) is 0 Å². The molecule has 0 saturated carbocycles. The van der Waals surface area contributed by atoms with Crippen molar-refractivity contribution < 1.29 is 0 Å². The summed E-state index contributed by atoms with van der Waals surface area (Å²) < 4.78 is 2.53. The summed E-state index contributed by atoms with van der Waals surface area (Å²) in [6.45, 7) is 0. The number of aromatic nitrogens is 1. The van der Waals surface area contributed by atoms with Crippen molar-refractivity contribution in [2.75, 3.05) is 0 Å². The topological polar surface area (TPSA) is 4.93 Å². The number of allylic oxidation sites excluding steroid dienone is 4. The van der Waals surface area contributed by atoms with Crippen LogP contribution in [0.2, 0.25) is 0 Å². The number of nitrogens with zero attached hydrogens (tertiary/aromatic N) is 1. The lowest BCUT2D eigenvalue weighted by Crippen LogP contribution is -2.00. The van der Waals surface area contributed by atoms with E-state index in [1.165, 1.54) is 98.8 Å². The highest BCUT2D eigenvalue weighted by molar-refractivity contribution is 6.26. The summed E-state index contributed by atoms with van der Waals surface area (Å²) in [5, 5.41) is 10.4. The fourth-order valence-corrected chi connectivity index (χ4v) is 8.78. The van der Waals surface area contributed by atoms with Crippen molar-refractivity contribution in [3.05, 3.63) is 175 Å². The standard InChI is InChI=1S/C48H31N/c1-2-12-30(13-3-1)31-23-25-47-43(27-31)38-18-8-9-19-39(38)44-28-33(29-45-41-20-10-11-21-46(41)49(47)48(44)45)32-22-24-40-36-16-5-4-14-34(36)35-15-6-7-17-37(35)42(40)26-32/h1-12,14-30H,13H2. The average molecular weight is 622 g/mol. The van der Waals surface area contributed by atoms with E-state index in [1.807, 2.05) is 0 Å². The minimum atomic E-state index is 0.391. The van der Waals surface area contributed by atoms with E-state index in [-0.39, 0.29) is 0 Å². The smallest absolute Gasteiger partial charge is 0.0620 e. The molecule has 9 aromatic rings. The molecule has 8 aromatic carbocycles. The normalized spacial score (nSPS) is 14.9. The van der Waals surface area contributed by atoms with E-state index in [4.69, 9.17) is 0 Å². The van der Waals surface area contributed by atoms with Gasteiger partial charge in [-0.15, -0.1) is 0 Å². The second-order valence-corrected chi connectivity index (χ2v) is 13.6. The van der Waals surface area contributed by atoms with Gasteiger partial charge in [0.05, 0.1) is 16.7 Å². The molecule has 1 aromatic heterocycles. The number of rotatable bonds is 2. The molecule has 0 amide bonds. The van der Waals surface area contributed by atoms with E-state index in [9.17, 15) is 0 Å². The molecule has 0 N–H and O–H groups in total. The number of para-hydroxylation sites is 1. The zero-order valence-electron chi connectivity index (χ0n) is 26.9. The van der Waals surface area contributed by atoms with Crippen LogP contribution in [0.25, 0.3) is 93.2 Å². The first kappa shape index (κ1) is 26.8. The molecule has 0 bridgehead atoms. The van der Waals surface area contributed by atoms with Crippen LogP contribution in [0.1, 0.15) is 17.9 Å². The lowest BCUT2D eigenvalue weighted by Gasteiger charge is -2.18. The molecule has 1 unspecified atom stereocenters. The molecule has 1 aliphatic carbocycles. The molecule has 2 heterocycles. The Hall–Kier alpha value is -6.18. The van der Waals surface area contributed by atoms with Crippen molar-refractivity contribution in [3.63, 3.8) is 0 Å². The number of fused-ring (bicyclic) bond motifs is 14. The molecular formula is C48H31N. The van der Waals surface area contributed by atoms with E-state index < -0.39 is 0 Å². The molecule has 11 rings (SSSR count). The fourth-order valence-electron chi connectivity index (χ4n) is 8.78. The highest BCUT2D eigenvalue weighted by atomic mass is 15.0. The molecular weight excluding hydrogens is 591 g/mol. The molecule has 1 nitrogen and oxygen atoms in total. The highest BCUT2D eigenvalue weighted by Gasteiger charge is 2.26. The first-order chi connectivity index (χ1) is 24.3. The van der Waals surface area contributed by atoms with E-state index >= 15 is 0 Å². The van der Waals surface area contributed by atoms with Crippen LogP contribution in [-0.4, -0.2) is 4.57 Å². The van der Waals surface area contributed by atoms with Gasteiger partial charge in [-0.1, -0.05) is 133 Å². The SMILES string of the molecule is C1=CCC(c2ccc3c(c2)-c2ccccc2-c2cc(-c4ccc5c6ccccc6c6ccccc6c5c4)cc4c5ccccc5n-3c24)C=C1. The molecule has 0 radical (unpaired) electrons. The summed E-state index contributed by atoms with van der Waals surface area (Å²) in [4.78, 5) is 0. The van der Waals surface area contributed by atoms with Crippen LogP contribution in [-0.2, 0) is 0 Å². The number of hydrogen-bond donors (Lipinski definition) is 0. The van der Waals surface area contributed by atoms with Gasteiger partial charge in [-0.05, 0) is 103 Å². The van der Waals surface area contributed by atoms with Crippen LogP contribution < -0.4 is 0 Å². The van der Waals surface area contributed by atoms with E-state index in [1.54, 1.807) is 0 Å². The number of hydrogen-bond acceptors (Lipinski definition) is 0. The van der Waals surface area contributed by atoms with Crippen molar-refractivity contribution in [1.29, 1.82) is 0 Å². The van der Waals surface area contributed by atoms with Gasteiger partial charge in [0.15, 0.2) is 0 Å². The molecule has 49 heavy (non-hydrogen) atoms. The Balaban J connectivity index is 1.22. The Morgan fingerprint density at radius 2 is 1.06 bits per heavy atom. The van der Waals surface area contributed by atoms with E-state index in [0.717, 1.165) is 6.42 Å². The first-order valence-corrected chi connectivity index (χ1v) is 17.3. The predicted octanol–water partition coefficient (Wildman–Crippen LogP) is 13.2. The summed E-state index contributed by atoms with van der Waals surface area (Å²) in [7, 11) is 0. The maximum atomic E-state index is 2.53. The minimum absolute atomic E-state index is 0.391. The molecule has 228 valence electrons. The second kappa shape index (κ2) is 10.2. The van der Waals surface area contributed by atoms with E-state index in [0.29, 0.717) is 5.92 Å². The van der Waals surface area contributed by atoms with Gasteiger partial charge in [0.2, 0.25) is 0 Å². The summed E-state index contributed by atoms with van der Waals surface area (Å²) in [6.07, 6.45) is 10.00. The second-order valence-electron chi connectivity index (χ2n) is 13.6. The largest absolute Gasteiger partial charge is 0.308 e. The van der Waals surface area contributed by atoms with Crippen molar-refractivity contribution in [1.82, 2.24) is 4.57 Å². The van der Waals surface area contributed by atoms with E-state index in [2.05, 4.69) is 174 Å². The van der Waals surface area contributed by atoms with Crippen LogP contribution in [0.15, 0.2) is 170 Å². The fraction of sp³-hybridized carbons (Fsp3) is 0.0417. The molecule has 1 heteroatoms. The third kappa shape index (κ3) is 3.82. The Morgan fingerprint density at radius 1 is 0.429 bits per heavy atom. The Morgan fingerprint density at radius 3 is 1.80 bits per heavy atom. The molecule has 0 saturated heterocycles. The quantitative estimate of drug-likeness (QED) is 0.169. The average Bonchev–Trinajstić information content (AvgIpc) is 3.45. The molecule has 0 spiro atoms. The summed E-state index contributed by atoms with van der Waals surface area (Å²) in [5.74, 6) is 0.391. The minimum Gasteiger partial charge on any atom is -0.308 e. The zero-order chi connectivity index (χ0) is 32.1. The van der Waals surface area contributed by atoms with Crippen molar-refractivity contribution in [2.24, 2.45) is 0 Å². The third-order valence-electron chi connectivity index (χ3n) is 11.0. The zero-order valence-corrected chi connectivity index (χ0v) is 26.9. The highest BCUT2D eigenvalue weighted by Crippen LogP contribution is 2.49. The van der Waals surface area contributed by atoms with Gasteiger partial charge >= 0.3 is 0 Å². The lowest BCUT2D eigenvalue weighted by atomic mass is 9.87. The first-order valence-electron chi connectivity index (χ1n) is 17.3. The molecule has 2 aliphatic rings. The van der Waals surface area contributed by atoms with Gasteiger partial charge in [-0.3, -0.25) is 0 Å². The van der Waals surface area contributed by atoms with Crippen molar-refractivity contribution >= 4 is 54.1 Å². The van der Waals surface area contributed by atoms with Gasteiger partial charge in [0.25, 0.3) is 0 Å². The van der Waals surface area contributed by atoms with Crippen molar-refractivity contribution in [2.45, 2.75) is 12.3 Å². The maximum absolute atomic E-state index is 2.53. The predicted molar refractivity (Wildman–Crippen MR) is 209 cm³/mol. The summed E-state index contributed by atoms with van der Waals surface area (Å²) in [6, 6.07) is 54.8. The van der Waals surface area contributed by atoms with Crippen molar-refractivity contribution in [3.8, 4) is 39.1 Å². The number of benzene rings is 8. The Labute approximate surface area is 284 Å². The monoisotopic (exact) mass is 621 g/mol. The Bertz CT molecular complexity index is 2880. The van der Waals surface area contributed by atoms with Gasteiger partial charge < -0.3 is 4.57 Å². The maximum Gasteiger partial charge on any atom is 0.0620 e. The lowest BCUT2D eigenvalue weighted by molar-refractivity contribution is 0.853. The Kier molecular flexibility index (Phi) is 5.57. The third-order valence-corrected chi connectivity index (χ3v) is 11.0. The van der Waals surface area contributed by atoms with Gasteiger partial charge in [-0.2, -0.15) is 0 Å². The summed E-state index contributed by atoms with van der Waals surface area (Å²) >= 11 is 0. The van der Waals surface area contributed by atoms with Gasteiger partial charge in [0.1, 0.15) is 0 Å². The van der Waals surface area contributed by atoms with Crippen LogP contribution in [0.3, 0.4) is 0 Å².